The average molecular weight is 213 g/mol. The van der Waals surface area contributed by atoms with Crippen molar-refractivity contribution >= 4 is 11.2 Å². The Labute approximate surface area is 87.4 Å². The van der Waals surface area contributed by atoms with Crippen molar-refractivity contribution in [3.05, 3.63) is 31.3 Å². The summed E-state index contributed by atoms with van der Waals surface area (Å²) in [6.45, 7) is -2.79. The van der Waals surface area contributed by atoms with E-state index in [4.69, 9.17) is 4.11 Å². The highest BCUT2D eigenvalue weighted by Gasteiger charge is 2.13. The maximum atomic E-state index is 11.9. The van der Waals surface area contributed by atoms with Gasteiger partial charge in [-0.15, -0.1) is 0 Å². The fraction of sp³-hybridized carbons (Fsp3) is 0.375. The van der Waals surface area contributed by atoms with E-state index in [-0.39, 0.29) is 11.2 Å². The molecule has 2 aromatic rings. The van der Waals surface area contributed by atoms with Gasteiger partial charge in [-0.2, -0.15) is 0 Å². The SMILES string of the molecule is [2H]C([2H])([2H])n1c(=O)[nH]c2c1c(=O)n(C)c(=O)n2C. The molecule has 0 aliphatic rings. The maximum absolute atomic E-state index is 11.9. The molecule has 0 amide bonds. The Hall–Kier alpha value is -2.05. The van der Waals surface area contributed by atoms with Crippen LogP contribution >= 0.6 is 0 Å². The predicted molar refractivity (Wildman–Crippen MR) is 54.0 cm³/mol. The molecule has 0 saturated heterocycles. The number of H-pyrrole nitrogens is 1. The van der Waals surface area contributed by atoms with Gasteiger partial charge in [0.25, 0.3) is 5.56 Å². The molecule has 0 aromatic carbocycles. The number of hydrogen-bond acceptors (Lipinski definition) is 3. The first-order chi connectivity index (χ1) is 8.16. The van der Waals surface area contributed by atoms with Gasteiger partial charge in [-0.25, -0.2) is 9.59 Å². The minimum Gasteiger partial charge on any atom is -0.291 e. The summed E-state index contributed by atoms with van der Waals surface area (Å²) in [6, 6.07) is 0. The lowest BCUT2D eigenvalue weighted by molar-refractivity contribution is 0.705. The Morgan fingerprint density at radius 2 is 1.80 bits per heavy atom. The van der Waals surface area contributed by atoms with Crippen LogP contribution < -0.4 is 16.9 Å². The molecule has 0 bridgehead atoms. The second-order valence-corrected chi connectivity index (χ2v) is 3.17. The van der Waals surface area contributed by atoms with Crippen LogP contribution in [0.15, 0.2) is 14.4 Å². The molecule has 0 atom stereocenters. The molecule has 7 heteroatoms. The zero-order chi connectivity index (χ0) is 13.8. The van der Waals surface area contributed by atoms with Gasteiger partial charge in [0.05, 0.1) is 0 Å². The highest BCUT2D eigenvalue weighted by Crippen LogP contribution is 1.98. The number of hydrogen-bond donors (Lipinski definition) is 1. The van der Waals surface area contributed by atoms with Crippen molar-refractivity contribution in [2.45, 2.75) is 0 Å². The Morgan fingerprint density at radius 3 is 2.40 bits per heavy atom. The van der Waals surface area contributed by atoms with Crippen molar-refractivity contribution in [1.82, 2.24) is 18.7 Å². The molecule has 7 nitrogen and oxygen atoms in total. The van der Waals surface area contributed by atoms with Crippen molar-refractivity contribution in [2.24, 2.45) is 21.1 Å². The van der Waals surface area contributed by atoms with Crippen molar-refractivity contribution in [1.29, 1.82) is 0 Å². The van der Waals surface area contributed by atoms with Gasteiger partial charge in [-0.1, -0.05) is 0 Å². The summed E-state index contributed by atoms with van der Waals surface area (Å²) in [7, 11) is 2.55. The van der Waals surface area contributed by atoms with Crippen molar-refractivity contribution < 1.29 is 4.11 Å². The highest BCUT2D eigenvalue weighted by molar-refractivity contribution is 5.69. The molecule has 0 aliphatic heterocycles. The highest BCUT2D eigenvalue weighted by atomic mass is 16.2. The summed E-state index contributed by atoms with van der Waals surface area (Å²) in [5.74, 6) is 0. The van der Waals surface area contributed by atoms with Gasteiger partial charge in [0, 0.05) is 25.2 Å². The molecule has 2 heterocycles. The van der Waals surface area contributed by atoms with Crippen LogP contribution in [0.1, 0.15) is 4.11 Å². The number of nitrogens with one attached hydrogen (secondary N) is 1. The van der Waals surface area contributed by atoms with Gasteiger partial charge in [0.15, 0.2) is 5.52 Å². The normalized spacial score (nSPS) is 14.9. The Kier molecular flexibility index (Phi) is 1.17. The zero-order valence-electron chi connectivity index (χ0n) is 11.1. The fourth-order valence-electron chi connectivity index (χ4n) is 1.43. The summed E-state index contributed by atoms with van der Waals surface area (Å²) < 4.78 is 23.9. The molecule has 0 radical (unpaired) electrons. The second kappa shape index (κ2) is 2.72. The Bertz CT molecular complexity index is 804. The average Bonchev–Trinajstić information content (AvgIpc) is 2.61. The van der Waals surface area contributed by atoms with Crippen LogP contribution in [0.4, 0.5) is 0 Å². The van der Waals surface area contributed by atoms with Crippen molar-refractivity contribution in [3.8, 4) is 0 Å². The van der Waals surface area contributed by atoms with E-state index in [2.05, 4.69) is 4.98 Å². The molecule has 0 aliphatic carbocycles. The molecule has 0 spiro atoms. The molecule has 0 unspecified atom stereocenters. The number of aromatic nitrogens is 4. The molecular weight excluding hydrogens is 200 g/mol. The molecule has 1 N–H and O–H groups in total. The van der Waals surface area contributed by atoms with E-state index in [1.165, 1.54) is 14.1 Å². The fourth-order valence-corrected chi connectivity index (χ4v) is 1.43. The van der Waals surface area contributed by atoms with Gasteiger partial charge >= 0.3 is 11.4 Å². The molecule has 80 valence electrons. The lowest BCUT2D eigenvalue weighted by atomic mass is 10.5. The molecule has 0 saturated carbocycles. The van der Waals surface area contributed by atoms with E-state index < -0.39 is 23.9 Å². The number of imidazole rings is 1. The Balaban J connectivity index is 3.21. The zero-order valence-corrected chi connectivity index (χ0v) is 8.07. The number of aromatic amines is 1. The summed E-state index contributed by atoms with van der Waals surface area (Å²) in [5, 5.41) is 0. The lowest BCUT2D eigenvalue weighted by Crippen LogP contribution is -2.37. The molecule has 0 fully saturated rings. The second-order valence-electron chi connectivity index (χ2n) is 3.17. The van der Waals surface area contributed by atoms with Gasteiger partial charge in [-0.05, 0) is 0 Å². The molecule has 2 aromatic heterocycles. The lowest BCUT2D eigenvalue weighted by Gasteiger charge is -2.02. The third kappa shape index (κ3) is 1.03. The number of fused-ring (bicyclic) bond motifs is 1. The third-order valence-corrected chi connectivity index (χ3v) is 2.29. The summed E-state index contributed by atoms with van der Waals surface area (Å²) in [4.78, 5) is 37.3. The number of rotatable bonds is 0. The minimum atomic E-state index is -2.79. The first-order valence-electron chi connectivity index (χ1n) is 5.57. The van der Waals surface area contributed by atoms with E-state index in [0.29, 0.717) is 4.57 Å². The first kappa shape index (κ1) is 6.44. The number of aryl methyl sites for hydroxylation is 2. The smallest absolute Gasteiger partial charge is 0.291 e. The van der Waals surface area contributed by atoms with E-state index in [9.17, 15) is 14.4 Å². The van der Waals surface area contributed by atoms with Gasteiger partial charge < -0.3 is 0 Å². The predicted octanol–water partition coefficient (Wildman–Crippen LogP) is -1.74. The molecule has 2 rings (SSSR count). The first-order valence-corrected chi connectivity index (χ1v) is 4.07. The van der Waals surface area contributed by atoms with Crippen molar-refractivity contribution in [2.75, 3.05) is 0 Å². The standard InChI is InChI=1S/C8H10N4O3/c1-10-4-5(9-7(10)14)11(2)8(15)12(3)6(4)13/h1-3H3,(H,9,14)/i1D3. The van der Waals surface area contributed by atoms with Crippen LogP contribution in [0.5, 0.6) is 0 Å². The molecule has 15 heavy (non-hydrogen) atoms. The van der Waals surface area contributed by atoms with Crippen LogP contribution in [-0.4, -0.2) is 18.7 Å². The summed E-state index contributed by atoms with van der Waals surface area (Å²) in [6.07, 6.45) is 0. The maximum Gasteiger partial charge on any atom is 0.332 e. The summed E-state index contributed by atoms with van der Waals surface area (Å²) in [5.41, 5.74) is -2.88. The van der Waals surface area contributed by atoms with E-state index >= 15 is 0 Å². The summed E-state index contributed by atoms with van der Waals surface area (Å²) >= 11 is 0. The number of nitrogens with zero attached hydrogens (tertiary/aromatic N) is 3. The van der Waals surface area contributed by atoms with Gasteiger partial charge in [0.1, 0.15) is 5.65 Å². The van der Waals surface area contributed by atoms with E-state index in [1.807, 2.05) is 0 Å². The monoisotopic (exact) mass is 213 g/mol. The van der Waals surface area contributed by atoms with Crippen LogP contribution in [0, 0.1) is 0 Å². The van der Waals surface area contributed by atoms with E-state index in [1.54, 1.807) is 0 Å². The van der Waals surface area contributed by atoms with Crippen LogP contribution in [0.25, 0.3) is 11.2 Å². The largest absolute Gasteiger partial charge is 0.332 e. The van der Waals surface area contributed by atoms with E-state index in [0.717, 1.165) is 9.13 Å². The van der Waals surface area contributed by atoms with Gasteiger partial charge in [-0.3, -0.25) is 23.5 Å². The van der Waals surface area contributed by atoms with Crippen molar-refractivity contribution in [3.63, 3.8) is 0 Å². The molecular formula is C8H10N4O3. The quantitative estimate of drug-likeness (QED) is 0.564. The third-order valence-electron chi connectivity index (χ3n) is 2.29. The van der Waals surface area contributed by atoms with Crippen LogP contribution in [-0.2, 0) is 21.1 Å². The van der Waals surface area contributed by atoms with Crippen LogP contribution in [0.2, 0.25) is 0 Å². The Morgan fingerprint density at radius 1 is 1.13 bits per heavy atom. The van der Waals surface area contributed by atoms with Crippen LogP contribution in [0.3, 0.4) is 0 Å². The minimum absolute atomic E-state index is 0.107. The van der Waals surface area contributed by atoms with Gasteiger partial charge in [0.2, 0.25) is 0 Å². The topological polar surface area (TPSA) is 81.8 Å².